The molecule has 18 heavy (non-hydrogen) atoms. The molecule has 0 spiro atoms. The molecule has 1 aromatic heterocycles. The number of hydrogen-bond acceptors (Lipinski definition) is 5. The second-order valence-corrected chi connectivity index (χ2v) is 5.29. The van der Waals surface area contributed by atoms with Crippen LogP contribution in [0.4, 0.5) is 11.4 Å². The van der Waals surface area contributed by atoms with Gasteiger partial charge in [-0.1, -0.05) is 0 Å². The molecule has 0 aliphatic heterocycles. The zero-order valence-electron chi connectivity index (χ0n) is 9.46. The Bertz CT molecular complexity index is 636. The average molecular weight is 267 g/mol. The number of rotatable bonds is 4. The molecule has 0 saturated carbocycles. The van der Waals surface area contributed by atoms with Crippen LogP contribution < -0.4 is 16.2 Å². The number of anilines is 2. The molecule has 5 N–H and O–H groups in total. The number of nitrogen functional groups attached to an aromatic ring is 1. The summed E-state index contributed by atoms with van der Waals surface area (Å²) in [7, 11) is -3.73. The summed E-state index contributed by atoms with van der Waals surface area (Å²) in [4.78, 5) is 0.0126. The van der Waals surface area contributed by atoms with E-state index in [4.69, 9.17) is 15.3 Å². The lowest BCUT2D eigenvalue weighted by atomic mass is 10.2. The number of hydrogen-bond donors (Lipinski definition) is 3. The third-order valence-corrected chi connectivity index (χ3v) is 3.30. The van der Waals surface area contributed by atoms with Gasteiger partial charge in [-0.15, -0.1) is 0 Å². The van der Waals surface area contributed by atoms with Crippen LogP contribution in [0.2, 0.25) is 0 Å². The van der Waals surface area contributed by atoms with Gasteiger partial charge in [-0.3, -0.25) is 0 Å². The highest BCUT2D eigenvalue weighted by Crippen LogP contribution is 2.22. The third-order valence-electron chi connectivity index (χ3n) is 2.39. The van der Waals surface area contributed by atoms with Crippen molar-refractivity contribution in [1.82, 2.24) is 0 Å². The number of nitrogens with one attached hydrogen (secondary N) is 1. The van der Waals surface area contributed by atoms with Crippen LogP contribution in [-0.2, 0) is 16.6 Å². The van der Waals surface area contributed by atoms with Gasteiger partial charge in [0.25, 0.3) is 0 Å². The van der Waals surface area contributed by atoms with Crippen LogP contribution >= 0.6 is 0 Å². The zero-order chi connectivity index (χ0) is 13.2. The minimum atomic E-state index is -3.73. The van der Waals surface area contributed by atoms with Crippen molar-refractivity contribution in [1.29, 1.82) is 0 Å². The van der Waals surface area contributed by atoms with E-state index in [1.54, 1.807) is 18.4 Å². The number of benzene rings is 1. The Kier molecular flexibility index (Phi) is 3.26. The van der Waals surface area contributed by atoms with E-state index in [1.165, 1.54) is 18.2 Å². The fraction of sp³-hybridized carbons (Fsp3) is 0.0909. The summed E-state index contributed by atoms with van der Waals surface area (Å²) in [6.07, 6.45) is 1.56. The largest absolute Gasteiger partial charge is 0.467 e. The van der Waals surface area contributed by atoms with Gasteiger partial charge in [0.15, 0.2) is 0 Å². The average Bonchev–Trinajstić information content (AvgIpc) is 2.79. The van der Waals surface area contributed by atoms with E-state index in [2.05, 4.69) is 5.32 Å². The number of nitrogens with two attached hydrogens (primary N) is 2. The molecule has 0 fully saturated rings. The maximum Gasteiger partial charge on any atom is 0.238 e. The second-order valence-electron chi connectivity index (χ2n) is 3.73. The van der Waals surface area contributed by atoms with E-state index in [0.29, 0.717) is 17.9 Å². The van der Waals surface area contributed by atoms with Gasteiger partial charge in [-0.2, -0.15) is 0 Å². The monoisotopic (exact) mass is 267 g/mol. The summed E-state index contributed by atoms with van der Waals surface area (Å²) in [5.41, 5.74) is 6.68. The van der Waals surface area contributed by atoms with Crippen LogP contribution in [0.5, 0.6) is 0 Å². The molecule has 0 bridgehead atoms. The van der Waals surface area contributed by atoms with Crippen LogP contribution in [0, 0.1) is 0 Å². The molecule has 1 aromatic carbocycles. The van der Waals surface area contributed by atoms with Gasteiger partial charge < -0.3 is 15.5 Å². The van der Waals surface area contributed by atoms with Crippen molar-refractivity contribution in [3.8, 4) is 0 Å². The molecule has 7 heteroatoms. The van der Waals surface area contributed by atoms with Crippen molar-refractivity contribution >= 4 is 21.4 Å². The summed E-state index contributed by atoms with van der Waals surface area (Å²) in [6, 6.07) is 7.81. The number of sulfonamides is 1. The third kappa shape index (κ3) is 2.82. The lowest BCUT2D eigenvalue weighted by Gasteiger charge is -2.09. The van der Waals surface area contributed by atoms with Gasteiger partial charge in [-0.05, 0) is 30.3 Å². The van der Waals surface area contributed by atoms with E-state index in [-0.39, 0.29) is 4.90 Å². The quantitative estimate of drug-likeness (QED) is 0.719. The molecular weight excluding hydrogens is 254 g/mol. The summed E-state index contributed by atoms with van der Waals surface area (Å²) < 4.78 is 27.6. The minimum Gasteiger partial charge on any atom is -0.467 e. The van der Waals surface area contributed by atoms with E-state index < -0.39 is 10.0 Å². The Hall–Kier alpha value is -1.99. The Balaban J connectivity index is 2.22. The summed E-state index contributed by atoms with van der Waals surface area (Å²) in [5.74, 6) is 0.718. The highest BCUT2D eigenvalue weighted by Gasteiger charge is 2.10. The first kappa shape index (κ1) is 12.5. The van der Waals surface area contributed by atoms with Crippen molar-refractivity contribution in [2.24, 2.45) is 5.14 Å². The first-order valence-corrected chi connectivity index (χ1v) is 6.70. The molecule has 2 rings (SSSR count). The van der Waals surface area contributed by atoms with Gasteiger partial charge in [0.2, 0.25) is 10.0 Å². The lowest BCUT2D eigenvalue weighted by Crippen LogP contribution is -2.13. The van der Waals surface area contributed by atoms with E-state index in [1.807, 2.05) is 0 Å². The fourth-order valence-electron chi connectivity index (χ4n) is 1.46. The molecule has 1 heterocycles. The van der Waals surface area contributed by atoms with Gasteiger partial charge in [0.05, 0.1) is 29.1 Å². The van der Waals surface area contributed by atoms with Gasteiger partial charge in [-0.25, -0.2) is 13.6 Å². The highest BCUT2D eigenvalue weighted by atomic mass is 32.2. The Labute approximate surface area is 105 Å². The summed E-state index contributed by atoms with van der Waals surface area (Å²) >= 11 is 0. The minimum absolute atomic E-state index is 0.0126. The maximum atomic E-state index is 11.2. The molecule has 96 valence electrons. The molecule has 0 aliphatic carbocycles. The van der Waals surface area contributed by atoms with Crippen LogP contribution in [0.25, 0.3) is 0 Å². The SMILES string of the molecule is Nc1ccc(S(N)(=O)=O)cc1NCc1ccco1. The van der Waals surface area contributed by atoms with Crippen molar-refractivity contribution < 1.29 is 12.8 Å². The molecular formula is C11H13N3O3S. The molecule has 0 radical (unpaired) electrons. The zero-order valence-corrected chi connectivity index (χ0v) is 10.3. The number of furan rings is 1. The van der Waals surface area contributed by atoms with Crippen molar-refractivity contribution in [3.05, 3.63) is 42.4 Å². The summed E-state index contributed by atoms with van der Waals surface area (Å²) in [5, 5.41) is 8.04. The van der Waals surface area contributed by atoms with Crippen LogP contribution in [0.1, 0.15) is 5.76 Å². The van der Waals surface area contributed by atoms with E-state index in [9.17, 15) is 8.42 Å². The molecule has 0 saturated heterocycles. The first-order chi connectivity index (χ1) is 8.47. The normalized spacial score (nSPS) is 11.4. The Morgan fingerprint density at radius 2 is 2.06 bits per heavy atom. The van der Waals surface area contributed by atoms with Crippen molar-refractivity contribution in [3.63, 3.8) is 0 Å². The predicted octanol–water partition coefficient (Wildman–Crippen LogP) is 1.12. The first-order valence-electron chi connectivity index (χ1n) is 5.15. The highest BCUT2D eigenvalue weighted by molar-refractivity contribution is 7.89. The van der Waals surface area contributed by atoms with Crippen LogP contribution in [0.3, 0.4) is 0 Å². The Morgan fingerprint density at radius 3 is 2.67 bits per heavy atom. The molecule has 0 atom stereocenters. The summed E-state index contributed by atoms with van der Waals surface area (Å²) in [6.45, 7) is 0.408. The van der Waals surface area contributed by atoms with Gasteiger partial charge in [0, 0.05) is 0 Å². The smallest absolute Gasteiger partial charge is 0.238 e. The standard InChI is InChI=1S/C11H13N3O3S/c12-10-4-3-9(18(13,15)16)6-11(10)14-7-8-2-1-5-17-8/h1-6,14H,7,12H2,(H2,13,15,16). The van der Waals surface area contributed by atoms with Gasteiger partial charge in [0.1, 0.15) is 5.76 Å². The van der Waals surface area contributed by atoms with Crippen LogP contribution in [-0.4, -0.2) is 8.42 Å². The molecule has 6 nitrogen and oxygen atoms in total. The van der Waals surface area contributed by atoms with Gasteiger partial charge >= 0.3 is 0 Å². The predicted molar refractivity (Wildman–Crippen MR) is 68.3 cm³/mol. The molecule has 2 aromatic rings. The topological polar surface area (TPSA) is 111 Å². The second kappa shape index (κ2) is 4.71. The Morgan fingerprint density at radius 1 is 1.28 bits per heavy atom. The van der Waals surface area contributed by atoms with E-state index in [0.717, 1.165) is 5.76 Å². The molecule has 0 aliphatic rings. The lowest BCUT2D eigenvalue weighted by molar-refractivity contribution is 0.518. The maximum absolute atomic E-state index is 11.2. The number of primary sulfonamides is 1. The van der Waals surface area contributed by atoms with Crippen molar-refractivity contribution in [2.75, 3.05) is 11.1 Å². The molecule has 0 amide bonds. The van der Waals surface area contributed by atoms with E-state index >= 15 is 0 Å². The molecule has 0 unspecified atom stereocenters. The fourth-order valence-corrected chi connectivity index (χ4v) is 2.00. The van der Waals surface area contributed by atoms with Crippen molar-refractivity contribution in [2.45, 2.75) is 11.4 Å². The van der Waals surface area contributed by atoms with Crippen LogP contribution in [0.15, 0.2) is 45.9 Å².